The number of hydrogen-bond donors (Lipinski definition) is 0. The molecule has 0 N–H and O–H groups in total. The normalized spacial score (nSPS) is 24.6. The SMILES string of the molecule is CCC1CCCCC1Oc1cc(F)cc(Br)c1. The van der Waals surface area contributed by atoms with Crippen LogP contribution in [0.2, 0.25) is 0 Å². The molecule has 3 heteroatoms. The molecule has 1 nitrogen and oxygen atoms in total. The molecular formula is C14H18BrFO. The minimum Gasteiger partial charge on any atom is -0.490 e. The first kappa shape index (κ1) is 12.9. The third-order valence-electron chi connectivity index (χ3n) is 3.49. The zero-order chi connectivity index (χ0) is 12.3. The van der Waals surface area contributed by atoms with Crippen molar-refractivity contribution < 1.29 is 9.13 Å². The zero-order valence-corrected chi connectivity index (χ0v) is 11.7. The van der Waals surface area contributed by atoms with Gasteiger partial charge in [-0.2, -0.15) is 0 Å². The second kappa shape index (κ2) is 5.85. The van der Waals surface area contributed by atoms with E-state index in [2.05, 4.69) is 22.9 Å². The van der Waals surface area contributed by atoms with E-state index in [0.717, 1.165) is 17.3 Å². The summed E-state index contributed by atoms with van der Waals surface area (Å²) >= 11 is 3.29. The highest BCUT2D eigenvalue weighted by Gasteiger charge is 2.25. The third kappa shape index (κ3) is 3.44. The monoisotopic (exact) mass is 300 g/mol. The van der Waals surface area contributed by atoms with E-state index in [0.29, 0.717) is 11.7 Å². The molecule has 1 aromatic carbocycles. The van der Waals surface area contributed by atoms with Gasteiger partial charge in [0.05, 0.1) is 0 Å². The summed E-state index contributed by atoms with van der Waals surface area (Å²) in [6, 6.07) is 4.75. The lowest BCUT2D eigenvalue weighted by Gasteiger charge is -2.31. The summed E-state index contributed by atoms with van der Waals surface area (Å²) in [5.74, 6) is 1.01. The van der Waals surface area contributed by atoms with Crippen LogP contribution in [0.3, 0.4) is 0 Å². The second-order valence-corrected chi connectivity index (χ2v) is 5.63. The largest absolute Gasteiger partial charge is 0.490 e. The Kier molecular flexibility index (Phi) is 4.43. The van der Waals surface area contributed by atoms with Gasteiger partial charge in [-0.15, -0.1) is 0 Å². The fourth-order valence-corrected chi connectivity index (χ4v) is 3.01. The van der Waals surface area contributed by atoms with Crippen molar-refractivity contribution in [3.63, 3.8) is 0 Å². The summed E-state index contributed by atoms with van der Waals surface area (Å²) in [6.07, 6.45) is 6.23. The Labute approximate surface area is 110 Å². The van der Waals surface area contributed by atoms with E-state index in [-0.39, 0.29) is 11.9 Å². The van der Waals surface area contributed by atoms with Gasteiger partial charge in [0, 0.05) is 10.5 Å². The molecule has 2 rings (SSSR count). The van der Waals surface area contributed by atoms with Crippen LogP contribution in [0, 0.1) is 11.7 Å². The number of benzene rings is 1. The molecule has 1 aliphatic carbocycles. The van der Waals surface area contributed by atoms with Crippen molar-refractivity contribution in [3.8, 4) is 5.75 Å². The average Bonchev–Trinajstić information content (AvgIpc) is 2.28. The van der Waals surface area contributed by atoms with Gasteiger partial charge >= 0.3 is 0 Å². The molecular weight excluding hydrogens is 283 g/mol. The van der Waals surface area contributed by atoms with Crippen LogP contribution in [0.1, 0.15) is 39.0 Å². The minimum atomic E-state index is -0.252. The Morgan fingerprint density at radius 2 is 2.06 bits per heavy atom. The van der Waals surface area contributed by atoms with Crippen molar-refractivity contribution in [2.45, 2.75) is 45.1 Å². The molecule has 94 valence electrons. The van der Waals surface area contributed by atoms with Gasteiger partial charge in [-0.25, -0.2) is 4.39 Å². The highest BCUT2D eigenvalue weighted by molar-refractivity contribution is 9.10. The first-order valence-electron chi connectivity index (χ1n) is 6.32. The highest BCUT2D eigenvalue weighted by Crippen LogP contribution is 2.31. The fourth-order valence-electron chi connectivity index (χ4n) is 2.57. The Hall–Kier alpha value is -0.570. The standard InChI is InChI=1S/C14H18BrFO/c1-2-10-5-3-4-6-14(10)17-13-8-11(15)7-12(16)9-13/h7-10,14H,2-6H2,1H3. The van der Waals surface area contributed by atoms with E-state index < -0.39 is 0 Å². The highest BCUT2D eigenvalue weighted by atomic mass is 79.9. The van der Waals surface area contributed by atoms with Crippen molar-refractivity contribution in [3.05, 3.63) is 28.5 Å². The maximum absolute atomic E-state index is 13.3. The molecule has 1 saturated carbocycles. The maximum Gasteiger partial charge on any atom is 0.128 e. The molecule has 0 amide bonds. The molecule has 1 aromatic rings. The van der Waals surface area contributed by atoms with Gasteiger partial charge in [-0.1, -0.05) is 29.3 Å². The van der Waals surface area contributed by atoms with Gasteiger partial charge in [0.25, 0.3) is 0 Å². The summed E-state index contributed by atoms with van der Waals surface area (Å²) in [5, 5.41) is 0. The minimum absolute atomic E-state index is 0.252. The molecule has 2 unspecified atom stereocenters. The molecule has 0 spiro atoms. The van der Waals surface area contributed by atoms with E-state index in [4.69, 9.17) is 4.74 Å². The van der Waals surface area contributed by atoms with Crippen LogP contribution < -0.4 is 4.74 Å². The fraction of sp³-hybridized carbons (Fsp3) is 0.571. The van der Waals surface area contributed by atoms with E-state index in [1.165, 1.54) is 31.4 Å². The maximum atomic E-state index is 13.3. The number of rotatable bonds is 3. The van der Waals surface area contributed by atoms with E-state index >= 15 is 0 Å². The van der Waals surface area contributed by atoms with Gasteiger partial charge in [-0.05, 0) is 43.7 Å². The van der Waals surface area contributed by atoms with Gasteiger partial charge in [0.15, 0.2) is 0 Å². The molecule has 0 radical (unpaired) electrons. The molecule has 17 heavy (non-hydrogen) atoms. The average molecular weight is 301 g/mol. The predicted molar refractivity (Wildman–Crippen MR) is 70.8 cm³/mol. The summed E-state index contributed by atoms with van der Waals surface area (Å²) in [7, 11) is 0. The number of ether oxygens (including phenoxy) is 1. The molecule has 0 heterocycles. The van der Waals surface area contributed by atoms with E-state index in [1.54, 1.807) is 0 Å². The lowest BCUT2D eigenvalue weighted by molar-refractivity contribution is 0.0900. The molecule has 1 fully saturated rings. The molecule has 0 bridgehead atoms. The Morgan fingerprint density at radius 1 is 1.29 bits per heavy atom. The van der Waals surface area contributed by atoms with Gasteiger partial charge < -0.3 is 4.74 Å². The summed E-state index contributed by atoms with van der Waals surface area (Å²) in [4.78, 5) is 0. The predicted octanol–water partition coefficient (Wildman–Crippen LogP) is 4.94. The number of halogens is 2. The van der Waals surface area contributed by atoms with Crippen molar-refractivity contribution in [2.24, 2.45) is 5.92 Å². The van der Waals surface area contributed by atoms with E-state index in [1.807, 2.05) is 6.07 Å². The quantitative estimate of drug-likeness (QED) is 0.768. The van der Waals surface area contributed by atoms with E-state index in [9.17, 15) is 4.39 Å². The third-order valence-corrected chi connectivity index (χ3v) is 3.95. The van der Waals surface area contributed by atoms with Gasteiger partial charge in [0.2, 0.25) is 0 Å². The Balaban J connectivity index is 2.08. The van der Waals surface area contributed by atoms with Gasteiger partial charge in [-0.3, -0.25) is 0 Å². The number of hydrogen-bond acceptors (Lipinski definition) is 1. The van der Waals surface area contributed by atoms with Crippen molar-refractivity contribution in [1.82, 2.24) is 0 Å². The smallest absolute Gasteiger partial charge is 0.128 e. The topological polar surface area (TPSA) is 9.23 Å². The van der Waals surface area contributed by atoms with Crippen LogP contribution in [0.25, 0.3) is 0 Å². The lowest BCUT2D eigenvalue weighted by atomic mass is 9.85. The molecule has 0 saturated heterocycles. The van der Waals surface area contributed by atoms with Crippen molar-refractivity contribution in [1.29, 1.82) is 0 Å². The first-order chi connectivity index (χ1) is 8.19. The zero-order valence-electron chi connectivity index (χ0n) is 10.1. The van der Waals surface area contributed by atoms with Crippen LogP contribution in [0.4, 0.5) is 4.39 Å². The Morgan fingerprint density at radius 3 is 2.76 bits per heavy atom. The van der Waals surface area contributed by atoms with Crippen LogP contribution >= 0.6 is 15.9 Å². The molecule has 0 aliphatic heterocycles. The van der Waals surface area contributed by atoms with Crippen molar-refractivity contribution >= 4 is 15.9 Å². The van der Waals surface area contributed by atoms with Crippen LogP contribution in [0.15, 0.2) is 22.7 Å². The summed E-state index contributed by atoms with van der Waals surface area (Å²) < 4.78 is 19.9. The second-order valence-electron chi connectivity index (χ2n) is 4.71. The molecule has 1 aliphatic rings. The van der Waals surface area contributed by atoms with Gasteiger partial charge in [0.1, 0.15) is 17.7 Å². The summed E-state index contributed by atoms with van der Waals surface area (Å²) in [5.41, 5.74) is 0. The van der Waals surface area contributed by atoms with Crippen LogP contribution in [-0.2, 0) is 0 Å². The summed E-state index contributed by atoms with van der Waals surface area (Å²) in [6.45, 7) is 2.20. The molecule has 2 atom stereocenters. The van der Waals surface area contributed by atoms with Crippen LogP contribution in [-0.4, -0.2) is 6.10 Å². The first-order valence-corrected chi connectivity index (χ1v) is 7.11. The van der Waals surface area contributed by atoms with Crippen molar-refractivity contribution in [2.75, 3.05) is 0 Å². The lowest BCUT2D eigenvalue weighted by Crippen LogP contribution is -2.29. The Bertz CT molecular complexity index is 360. The molecule has 0 aromatic heterocycles. The van der Waals surface area contributed by atoms with Crippen LogP contribution in [0.5, 0.6) is 5.75 Å².